The maximum atomic E-state index is 12.5. The van der Waals surface area contributed by atoms with Crippen LogP contribution in [0.3, 0.4) is 0 Å². The van der Waals surface area contributed by atoms with Crippen LogP contribution in [0.2, 0.25) is 0 Å². The summed E-state index contributed by atoms with van der Waals surface area (Å²) in [6, 6.07) is 4.70. The predicted octanol–water partition coefficient (Wildman–Crippen LogP) is 0.773. The molecule has 1 aromatic carbocycles. The lowest BCUT2D eigenvalue weighted by Gasteiger charge is -2.39. The molecule has 150 valence electrons. The van der Waals surface area contributed by atoms with Crippen LogP contribution in [0.5, 0.6) is 0 Å². The molecule has 1 N–H and O–H groups in total. The van der Waals surface area contributed by atoms with Crippen LogP contribution in [-0.4, -0.2) is 47.0 Å². The molecule has 1 heterocycles. The maximum absolute atomic E-state index is 12.5. The zero-order chi connectivity index (χ0) is 21.3. The van der Waals surface area contributed by atoms with E-state index in [0.29, 0.717) is 0 Å². The average Bonchev–Trinajstić information content (AvgIpc) is 2.94. The van der Waals surface area contributed by atoms with Crippen molar-refractivity contribution in [2.24, 2.45) is 15.3 Å². The number of hydroxylamine groups is 2. The number of hydrogen-bond acceptors (Lipinski definition) is 10. The molecular weight excluding hydrogens is 406 g/mol. The van der Waals surface area contributed by atoms with Crippen LogP contribution in [0.15, 0.2) is 68.4 Å². The summed E-state index contributed by atoms with van der Waals surface area (Å²) in [6.45, 7) is 1.46. The number of amides is 1. The Kier molecular flexibility index (Phi) is 5.21. The Morgan fingerprint density at radius 1 is 1.10 bits per heavy atom. The minimum atomic E-state index is -4.39. The van der Waals surface area contributed by atoms with Gasteiger partial charge >= 0.3 is 5.91 Å². The van der Waals surface area contributed by atoms with Crippen LogP contribution in [-0.2, 0) is 19.7 Å². The molecule has 2 aliphatic rings. The monoisotopic (exact) mass is 417 g/mol. The summed E-state index contributed by atoms with van der Waals surface area (Å²) in [6.07, 6.45) is 2.93. The van der Waals surface area contributed by atoms with E-state index in [0.717, 1.165) is 35.4 Å². The highest BCUT2D eigenvalue weighted by atomic mass is 32.2. The second kappa shape index (κ2) is 7.48. The molecule has 0 bridgehead atoms. The number of hydrogen-bond donors (Lipinski definition) is 1. The normalized spacial score (nSPS) is 19.8. The molecule has 0 spiro atoms. The zero-order valence-corrected chi connectivity index (χ0v) is 15.4. The summed E-state index contributed by atoms with van der Waals surface area (Å²) in [7, 11) is -4.39. The third-order valence-corrected chi connectivity index (χ3v) is 4.65. The lowest BCUT2D eigenvalue weighted by molar-refractivity contribution is -0.112. The molecule has 13 heteroatoms. The van der Waals surface area contributed by atoms with Crippen LogP contribution in [0.4, 0.5) is 5.69 Å². The standard InChI is InChI=1S/C16H11N5O7S/c1-9-15(18-17-13-8-11(21(24)25)4-7-14(13)22)16(23)20(19-9)10-2-5-12(6-3-10)29(26,27)28/h2-8H,1H3,(H,26,27,28)/q-2. The molecule has 0 saturated carbocycles. The average molecular weight is 417 g/mol. The molecule has 0 radical (unpaired) electrons. The molecule has 3 rings (SSSR count). The summed E-state index contributed by atoms with van der Waals surface area (Å²) in [5.41, 5.74) is -0.507. The van der Waals surface area contributed by atoms with E-state index in [4.69, 9.17) is 4.55 Å². The molecule has 0 unspecified atom stereocenters. The topological polar surface area (TPSA) is 178 Å². The third-order valence-electron chi connectivity index (χ3n) is 3.78. The molecule has 1 aliphatic heterocycles. The Labute approximate surface area is 163 Å². The van der Waals surface area contributed by atoms with E-state index in [2.05, 4.69) is 15.3 Å². The van der Waals surface area contributed by atoms with Gasteiger partial charge in [0.2, 0.25) is 5.78 Å². The third kappa shape index (κ3) is 4.17. The lowest BCUT2D eigenvalue weighted by atomic mass is 10.1. The Bertz CT molecular complexity index is 1140. The predicted molar refractivity (Wildman–Crippen MR) is 103 cm³/mol. The molecular formula is C16H11N5O7S-2. The number of anilines is 1. The fraction of sp³-hybridized carbons (Fsp3) is 0.0625. The van der Waals surface area contributed by atoms with Crippen molar-refractivity contribution >= 4 is 44.6 Å². The first kappa shape index (κ1) is 20.2. The lowest BCUT2D eigenvalue weighted by Crippen LogP contribution is -2.27. The molecule has 1 aliphatic carbocycles. The molecule has 12 nitrogen and oxygen atoms in total. The van der Waals surface area contributed by atoms with Gasteiger partial charge in [-0.15, -0.1) is 10.2 Å². The highest BCUT2D eigenvalue weighted by Crippen LogP contribution is 2.22. The maximum Gasteiger partial charge on any atom is 0.301 e. The number of rotatable bonds is 4. The van der Waals surface area contributed by atoms with Gasteiger partial charge in [0, 0.05) is 5.70 Å². The molecule has 0 aromatic heterocycles. The Hall–Kier alpha value is -3.52. The fourth-order valence-electron chi connectivity index (χ4n) is 2.35. The molecule has 0 saturated heterocycles. The number of benzene rings is 1. The number of nitrogens with zero attached hydrogens (tertiary/aromatic N) is 5. The van der Waals surface area contributed by atoms with E-state index in [-0.39, 0.29) is 33.4 Å². The van der Waals surface area contributed by atoms with E-state index >= 15 is 0 Å². The number of carbonyl (C=O) groups is 2. The summed E-state index contributed by atoms with van der Waals surface area (Å²) < 4.78 is 31.2. The van der Waals surface area contributed by atoms with Gasteiger partial charge < -0.3 is 15.6 Å². The first-order chi connectivity index (χ1) is 13.6. The molecule has 1 aromatic rings. The Morgan fingerprint density at radius 2 is 1.76 bits per heavy atom. The van der Waals surface area contributed by atoms with Gasteiger partial charge in [0.05, 0.1) is 16.3 Å². The molecule has 1 amide bonds. The van der Waals surface area contributed by atoms with Crippen molar-refractivity contribution in [2.75, 3.05) is 5.01 Å². The second-order valence-corrected chi connectivity index (χ2v) is 7.15. The summed E-state index contributed by atoms with van der Waals surface area (Å²) in [5.74, 6) is -1.32. The first-order valence-electron chi connectivity index (χ1n) is 7.79. The van der Waals surface area contributed by atoms with Gasteiger partial charge in [-0.05, 0) is 49.4 Å². The van der Waals surface area contributed by atoms with E-state index in [1.54, 1.807) is 0 Å². The quantitative estimate of drug-likeness (QED) is 0.424. The molecule has 0 fully saturated rings. The minimum Gasteiger partial charge on any atom is -0.769 e. The van der Waals surface area contributed by atoms with E-state index < -0.39 is 27.0 Å². The van der Waals surface area contributed by atoms with Gasteiger partial charge in [-0.1, -0.05) is 0 Å². The van der Waals surface area contributed by atoms with E-state index in [9.17, 15) is 28.4 Å². The summed E-state index contributed by atoms with van der Waals surface area (Å²) in [4.78, 5) is 24.0. The van der Waals surface area contributed by atoms with Gasteiger partial charge in [-0.2, -0.15) is 18.5 Å². The van der Waals surface area contributed by atoms with Gasteiger partial charge in [0.1, 0.15) is 5.71 Å². The Morgan fingerprint density at radius 3 is 2.34 bits per heavy atom. The van der Waals surface area contributed by atoms with Gasteiger partial charge in [0.15, 0.2) is 5.71 Å². The number of allylic oxidation sites excluding steroid dienone is 3. The van der Waals surface area contributed by atoms with Gasteiger partial charge in [-0.3, -0.25) is 14.1 Å². The Balaban J connectivity index is 1.88. The van der Waals surface area contributed by atoms with Crippen molar-refractivity contribution < 1.29 is 22.6 Å². The summed E-state index contributed by atoms with van der Waals surface area (Å²) >= 11 is 0. The van der Waals surface area contributed by atoms with Crippen molar-refractivity contribution in [3.05, 3.63) is 58.6 Å². The second-order valence-electron chi connectivity index (χ2n) is 5.73. The summed E-state index contributed by atoms with van der Waals surface area (Å²) in [5, 5.41) is 33.2. The SMILES string of the molecule is CC1=NN(c2ccc(S(=O)(=O)O)cc2)C(=O)C1=NN=C1C=C(N([O-])[O-])C=CC1=O. The van der Waals surface area contributed by atoms with Crippen LogP contribution in [0.1, 0.15) is 6.92 Å². The van der Waals surface area contributed by atoms with E-state index in [1.807, 2.05) is 0 Å². The number of ketones is 1. The van der Waals surface area contributed by atoms with Crippen molar-refractivity contribution in [3.8, 4) is 0 Å². The number of hydrazone groups is 1. The first-order valence-corrected chi connectivity index (χ1v) is 9.23. The van der Waals surface area contributed by atoms with E-state index in [1.165, 1.54) is 19.1 Å². The fourth-order valence-corrected chi connectivity index (χ4v) is 2.83. The van der Waals surface area contributed by atoms with Crippen LogP contribution >= 0.6 is 0 Å². The zero-order valence-electron chi connectivity index (χ0n) is 14.6. The minimum absolute atomic E-state index is 0.162. The van der Waals surface area contributed by atoms with Crippen LogP contribution < -0.4 is 5.01 Å². The van der Waals surface area contributed by atoms with Crippen molar-refractivity contribution in [2.45, 2.75) is 11.8 Å². The smallest absolute Gasteiger partial charge is 0.301 e. The highest BCUT2D eigenvalue weighted by molar-refractivity contribution is 7.85. The van der Waals surface area contributed by atoms with Crippen molar-refractivity contribution in [1.82, 2.24) is 5.23 Å². The van der Waals surface area contributed by atoms with Crippen LogP contribution in [0.25, 0.3) is 0 Å². The molecule has 0 atom stereocenters. The van der Waals surface area contributed by atoms with Crippen molar-refractivity contribution in [1.29, 1.82) is 0 Å². The van der Waals surface area contributed by atoms with Gasteiger partial charge in [0.25, 0.3) is 10.1 Å². The largest absolute Gasteiger partial charge is 0.769 e. The number of carbonyl (C=O) groups excluding carboxylic acids is 2. The van der Waals surface area contributed by atoms with Gasteiger partial charge in [-0.25, -0.2) is 0 Å². The van der Waals surface area contributed by atoms with Crippen molar-refractivity contribution in [3.63, 3.8) is 0 Å². The highest BCUT2D eigenvalue weighted by Gasteiger charge is 2.31. The van der Waals surface area contributed by atoms with Crippen LogP contribution in [0, 0.1) is 10.4 Å². The molecule has 29 heavy (non-hydrogen) atoms.